The molecule has 2 heteroatoms. The zero-order valence-corrected chi connectivity index (χ0v) is 12.5. The van der Waals surface area contributed by atoms with E-state index in [1.807, 2.05) is 11.9 Å². The molecule has 0 atom stereocenters. The minimum absolute atomic E-state index is 0.183. The predicted molar refractivity (Wildman–Crippen MR) is 77.0 cm³/mol. The molecule has 0 N–H and O–H groups in total. The topological polar surface area (TPSA) is 20.3 Å². The molecule has 1 rings (SSSR count). The molecule has 0 saturated heterocycles. The molecule has 0 fully saturated rings. The van der Waals surface area contributed by atoms with Gasteiger partial charge in [-0.1, -0.05) is 32.9 Å². The van der Waals surface area contributed by atoms with Gasteiger partial charge in [-0.15, -0.1) is 0 Å². The molecule has 0 amide bonds. The first-order chi connectivity index (χ1) is 8.25. The lowest BCUT2D eigenvalue weighted by atomic mass is 9.84. The summed E-state index contributed by atoms with van der Waals surface area (Å²) < 4.78 is 0. The molecule has 0 aliphatic heterocycles. The van der Waals surface area contributed by atoms with Crippen LogP contribution >= 0.6 is 0 Å². The highest BCUT2D eigenvalue weighted by Gasteiger charge is 2.16. The number of benzene rings is 1. The number of carbonyl (C=O) groups excluding carboxylic acids is 1. The lowest BCUT2D eigenvalue weighted by Gasteiger charge is -2.24. The van der Waals surface area contributed by atoms with Crippen molar-refractivity contribution < 1.29 is 4.79 Å². The highest BCUT2D eigenvalue weighted by atomic mass is 16.1. The third kappa shape index (κ3) is 3.67. The Hall–Kier alpha value is -1.15. The Kier molecular flexibility index (Phi) is 4.69. The van der Waals surface area contributed by atoms with E-state index in [-0.39, 0.29) is 5.41 Å². The molecule has 18 heavy (non-hydrogen) atoms. The molecule has 0 aliphatic carbocycles. The summed E-state index contributed by atoms with van der Waals surface area (Å²) in [4.78, 5) is 12.6. The van der Waals surface area contributed by atoms with Crippen LogP contribution in [-0.4, -0.2) is 24.8 Å². The van der Waals surface area contributed by atoms with Gasteiger partial charge in [-0.25, -0.2) is 0 Å². The molecule has 0 heterocycles. The van der Waals surface area contributed by atoms with Crippen molar-refractivity contribution in [3.05, 3.63) is 34.4 Å². The second-order valence-electron chi connectivity index (χ2n) is 6.20. The maximum Gasteiger partial charge on any atom is 0.133 e. The molecule has 0 radical (unpaired) electrons. The minimum Gasteiger partial charge on any atom is -0.302 e. The van der Waals surface area contributed by atoms with Crippen LogP contribution in [0.4, 0.5) is 0 Å². The van der Waals surface area contributed by atoms with Crippen LogP contribution in [0.5, 0.6) is 0 Å². The van der Waals surface area contributed by atoms with Crippen molar-refractivity contribution in [2.45, 2.75) is 46.6 Å². The van der Waals surface area contributed by atoms with Gasteiger partial charge in [0.05, 0.1) is 6.54 Å². The Labute approximate surface area is 111 Å². The summed E-state index contributed by atoms with van der Waals surface area (Å²) in [7, 11) is 1.98. The molecule has 0 saturated carbocycles. The number of carbonyl (C=O) groups is 1. The largest absolute Gasteiger partial charge is 0.302 e. The van der Waals surface area contributed by atoms with E-state index in [1.165, 1.54) is 22.3 Å². The average molecular weight is 247 g/mol. The lowest BCUT2D eigenvalue weighted by molar-refractivity contribution is -0.108. The quantitative estimate of drug-likeness (QED) is 0.761. The molecule has 0 bridgehead atoms. The van der Waals surface area contributed by atoms with Crippen LogP contribution in [0.3, 0.4) is 0 Å². The fraction of sp³-hybridized carbons (Fsp3) is 0.562. The molecule has 0 aromatic heterocycles. The number of aryl methyl sites for hydroxylation is 2. The predicted octanol–water partition coefficient (Wildman–Crippen LogP) is 3.23. The Balaban J connectivity index is 3.05. The Morgan fingerprint density at radius 2 is 1.67 bits per heavy atom. The zero-order valence-electron chi connectivity index (χ0n) is 12.5. The molecule has 0 spiro atoms. The van der Waals surface area contributed by atoms with E-state index in [0.29, 0.717) is 6.54 Å². The van der Waals surface area contributed by atoms with E-state index >= 15 is 0 Å². The van der Waals surface area contributed by atoms with E-state index in [2.05, 4.69) is 46.8 Å². The standard InChI is InChI=1S/C16H25NO/c1-12-9-14(16(3,4)5)10-13(2)15(12)11-17(6)7-8-18/h8-10H,7,11H2,1-6H3. The summed E-state index contributed by atoms with van der Waals surface area (Å²) in [5.41, 5.74) is 5.53. The van der Waals surface area contributed by atoms with Gasteiger partial charge in [0, 0.05) is 6.54 Å². The van der Waals surface area contributed by atoms with Crippen LogP contribution in [0.25, 0.3) is 0 Å². The zero-order chi connectivity index (χ0) is 13.9. The van der Waals surface area contributed by atoms with E-state index in [4.69, 9.17) is 0 Å². The first-order valence-electron chi connectivity index (χ1n) is 6.48. The van der Waals surface area contributed by atoms with Gasteiger partial charge in [0.15, 0.2) is 0 Å². The number of hydrogen-bond acceptors (Lipinski definition) is 2. The highest BCUT2D eigenvalue weighted by molar-refractivity contribution is 5.52. The van der Waals surface area contributed by atoms with E-state index in [0.717, 1.165) is 12.8 Å². The smallest absolute Gasteiger partial charge is 0.133 e. The summed E-state index contributed by atoms with van der Waals surface area (Å²) in [5.74, 6) is 0. The van der Waals surface area contributed by atoms with E-state index in [1.54, 1.807) is 0 Å². The molecular formula is C16H25NO. The fourth-order valence-electron chi connectivity index (χ4n) is 2.14. The molecular weight excluding hydrogens is 222 g/mol. The highest BCUT2D eigenvalue weighted by Crippen LogP contribution is 2.27. The summed E-state index contributed by atoms with van der Waals surface area (Å²) in [5, 5.41) is 0. The molecule has 2 nitrogen and oxygen atoms in total. The number of likely N-dealkylation sites (N-methyl/N-ethyl adjacent to an activating group) is 1. The van der Waals surface area contributed by atoms with Gasteiger partial charge in [0.25, 0.3) is 0 Å². The number of rotatable bonds is 4. The first kappa shape index (κ1) is 14.9. The van der Waals surface area contributed by atoms with E-state index < -0.39 is 0 Å². The Bertz CT molecular complexity index is 406. The van der Waals surface area contributed by atoms with Crippen LogP contribution in [0.1, 0.15) is 43.0 Å². The summed E-state index contributed by atoms with van der Waals surface area (Å²) >= 11 is 0. The number of aldehydes is 1. The third-order valence-electron chi connectivity index (χ3n) is 3.38. The van der Waals surface area contributed by atoms with Crippen molar-refractivity contribution in [1.29, 1.82) is 0 Å². The lowest BCUT2D eigenvalue weighted by Crippen LogP contribution is -2.21. The second kappa shape index (κ2) is 5.66. The minimum atomic E-state index is 0.183. The Morgan fingerprint density at radius 3 is 2.06 bits per heavy atom. The van der Waals surface area contributed by atoms with Crippen molar-refractivity contribution >= 4 is 6.29 Å². The fourth-order valence-corrected chi connectivity index (χ4v) is 2.14. The third-order valence-corrected chi connectivity index (χ3v) is 3.38. The van der Waals surface area contributed by atoms with Gasteiger partial charge in [-0.2, -0.15) is 0 Å². The summed E-state index contributed by atoms with van der Waals surface area (Å²) in [6.07, 6.45) is 0.953. The normalized spacial score (nSPS) is 11.9. The maximum absolute atomic E-state index is 10.5. The van der Waals surface area contributed by atoms with Crippen LogP contribution in [0.2, 0.25) is 0 Å². The number of hydrogen-bond donors (Lipinski definition) is 0. The number of nitrogens with zero attached hydrogens (tertiary/aromatic N) is 1. The second-order valence-corrected chi connectivity index (χ2v) is 6.20. The molecule has 0 aliphatic rings. The van der Waals surface area contributed by atoms with Crippen LogP contribution in [0, 0.1) is 13.8 Å². The molecule has 100 valence electrons. The van der Waals surface area contributed by atoms with Gasteiger partial charge in [0.1, 0.15) is 6.29 Å². The first-order valence-corrected chi connectivity index (χ1v) is 6.48. The van der Waals surface area contributed by atoms with Gasteiger partial charge in [0.2, 0.25) is 0 Å². The molecule has 0 unspecified atom stereocenters. The van der Waals surface area contributed by atoms with Crippen molar-refractivity contribution in [2.24, 2.45) is 0 Å². The Morgan fingerprint density at radius 1 is 1.17 bits per heavy atom. The van der Waals surface area contributed by atoms with Crippen molar-refractivity contribution in [1.82, 2.24) is 4.90 Å². The van der Waals surface area contributed by atoms with Gasteiger partial charge in [-0.3, -0.25) is 4.90 Å². The maximum atomic E-state index is 10.5. The van der Waals surface area contributed by atoms with E-state index in [9.17, 15) is 4.79 Å². The van der Waals surface area contributed by atoms with Crippen LogP contribution in [0.15, 0.2) is 12.1 Å². The van der Waals surface area contributed by atoms with Crippen molar-refractivity contribution in [2.75, 3.05) is 13.6 Å². The average Bonchev–Trinajstić information content (AvgIpc) is 2.22. The summed E-state index contributed by atoms with van der Waals surface area (Å²) in [6, 6.07) is 4.55. The SMILES string of the molecule is Cc1cc(C(C)(C)C)cc(C)c1CN(C)CC=O. The van der Waals surface area contributed by atoms with Crippen LogP contribution < -0.4 is 0 Å². The van der Waals surface area contributed by atoms with Crippen molar-refractivity contribution in [3.63, 3.8) is 0 Å². The van der Waals surface area contributed by atoms with Gasteiger partial charge in [-0.05, 0) is 48.6 Å². The molecule has 1 aromatic rings. The summed E-state index contributed by atoms with van der Waals surface area (Å²) in [6.45, 7) is 12.3. The van der Waals surface area contributed by atoms with Gasteiger partial charge >= 0.3 is 0 Å². The van der Waals surface area contributed by atoms with Gasteiger partial charge < -0.3 is 4.79 Å². The monoisotopic (exact) mass is 247 g/mol. The molecule has 1 aromatic carbocycles. The van der Waals surface area contributed by atoms with Crippen molar-refractivity contribution in [3.8, 4) is 0 Å². The van der Waals surface area contributed by atoms with Crippen LogP contribution in [-0.2, 0) is 16.8 Å².